The molecule has 0 saturated carbocycles. The van der Waals surface area contributed by atoms with Crippen molar-refractivity contribution in [2.75, 3.05) is 26.7 Å². The quantitative estimate of drug-likeness (QED) is 0.813. The lowest BCUT2D eigenvalue weighted by molar-refractivity contribution is -0.126. The molecule has 1 aromatic carbocycles. The van der Waals surface area contributed by atoms with Crippen LogP contribution in [0, 0.1) is 17.8 Å². The molecule has 0 aliphatic carbocycles. The number of nitrogens with zero attached hydrogens (tertiary/aromatic N) is 1. The van der Waals surface area contributed by atoms with Gasteiger partial charge in [-0.25, -0.2) is 0 Å². The van der Waals surface area contributed by atoms with Gasteiger partial charge in [-0.05, 0) is 37.1 Å². The van der Waals surface area contributed by atoms with Gasteiger partial charge in [-0.2, -0.15) is 0 Å². The second kappa shape index (κ2) is 7.82. The molecular weight excluding hydrogens is 262 g/mol. The minimum atomic E-state index is 0.115. The maximum atomic E-state index is 11.8. The fourth-order valence-corrected chi connectivity index (χ4v) is 2.78. The number of carbonyl (C=O) groups is 1. The molecule has 1 unspecified atom stereocenters. The molecule has 1 fully saturated rings. The summed E-state index contributed by atoms with van der Waals surface area (Å²) in [5.74, 6) is 6.21. The van der Waals surface area contributed by atoms with E-state index in [-0.39, 0.29) is 11.8 Å². The van der Waals surface area contributed by atoms with Gasteiger partial charge in [-0.1, -0.05) is 24.0 Å². The first kappa shape index (κ1) is 15.6. The van der Waals surface area contributed by atoms with Crippen molar-refractivity contribution < 1.29 is 4.79 Å². The number of benzene rings is 1. The van der Waals surface area contributed by atoms with E-state index in [1.165, 1.54) is 5.56 Å². The number of piperidine rings is 1. The van der Waals surface area contributed by atoms with Crippen LogP contribution in [0.15, 0.2) is 24.3 Å². The van der Waals surface area contributed by atoms with E-state index in [2.05, 4.69) is 34.2 Å². The normalized spacial score (nSPS) is 18.7. The van der Waals surface area contributed by atoms with E-state index in [0.29, 0.717) is 6.54 Å². The predicted octanol–water partition coefficient (Wildman–Crippen LogP) is 0.955. The van der Waals surface area contributed by atoms with Crippen LogP contribution >= 0.6 is 0 Å². The van der Waals surface area contributed by atoms with E-state index in [9.17, 15) is 4.79 Å². The standard InChI is InChI=1S/C17H23N3O/c1-19-17(21)16-8-4-10-20(13-16)12-15-6-2-5-14(11-15)7-3-9-18/h2,5-6,11,16H,4,8-10,12-13,18H2,1H3,(H,19,21). The fourth-order valence-electron chi connectivity index (χ4n) is 2.78. The molecule has 1 saturated heterocycles. The number of nitrogens with two attached hydrogens (primary N) is 1. The zero-order chi connectivity index (χ0) is 15.1. The summed E-state index contributed by atoms with van der Waals surface area (Å²) in [6, 6.07) is 8.23. The average Bonchev–Trinajstić information content (AvgIpc) is 2.53. The highest BCUT2D eigenvalue weighted by molar-refractivity contribution is 5.78. The van der Waals surface area contributed by atoms with Crippen molar-refractivity contribution in [3.63, 3.8) is 0 Å². The van der Waals surface area contributed by atoms with Gasteiger partial charge in [0, 0.05) is 25.7 Å². The number of amides is 1. The molecular formula is C17H23N3O. The lowest BCUT2D eigenvalue weighted by atomic mass is 9.96. The first-order valence-electron chi connectivity index (χ1n) is 7.44. The lowest BCUT2D eigenvalue weighted by Crippen LogP contribution is -2.41. The van der Waals surface area contributed by atoms with Gasteiger partial charge in [0.05, 0.1) is 12.5 Å². The third kappa shape index (κ3) is 4.59. The number of carbonyl (C=O) groups excluding carboxylic acids is 1. The van der Waals surface area contributed by atoms with Crippen molar-refractivity contribution >= 4 is 5.91 Å². The summed E-state index contributed by atoms with van der Waals surface area (Å²) in [4.78, 5) is 14.1. The molecule has 0 aromatic heterocycles. The molecule has 0 bridgehead atoms. The van der Waals surface area contributed by atoms with E-state index in [1.807, 2.05) is 12.1 Å². The maximum Gasteiger partial charge on any atom is 0.224 e. The summed E-state index contributed by atoms with van der Waals surface area (Å²) in [6.07, 6.45) is 2.06. The van der Waals surface area contributed by atoms with Crippen molar-refractivity contribution in [2.45, 2.75) is 19.4 Å². The summed E-state index contributed by atoms with van der Waals surface area (Å²) in [6.45, 7) is 3.13. The van der Waals surface area contributed by atoms with Crippen LogP contribution in [0.1, 0.15) is 24.0 Å². The minimum absolute atomic E-state index is 0.115. The summed E-state index contributed by atoms with van der Waals surface area (Å²) in [5.41, 5.74) is 7.63. The highest BCUT2D eigenvalue weighted by atomic mass is 16.1. The van der Waals surface area contributed by atoms with E-state index >= 15 is 0 Å². The molecule has 3 N–H and O–H groups in total. The molecule has 1 aliphatic heterocycles. The van der Waals surface area contributed by atoms with E-state index < -0.39 is 0 Å². The van der Waals surface area contributed by atoms with Gasteiger partial charge < -0.3 is 11.1 Å². The Hall–Kier alpha value is -1.83. The van der Waals surface area contributed by atoms with Crippen LogP contribution in [0.3, 0.4) is 0 Å². The molecule has 1 aromatic rings. The molecule has 4 nitrogen and oxygen atoms in total. The largest absolute Gasteiger partial charge is 0.359 e. The first-order chi connectivity index (χ1) is 10.2. The van der Waals surface area contributed by atoms with Crippen LogP contribution in [0.2, 0.25) is 0 Å². The Morgan fingerprint density at radius 1 is 1.52 bits per heavy atom. The second-order valence-electron chi connectivity index (χ2n) is 5.39. The second-order valence-corrected chi connectivity index (χ2v) is 5.39. The highest BCUT2D eigenvalue weighted by Crippen LogP contribution is 2.19. The van der Waals surface area contributed by atoms with Crippen LogP contribution in [0.5, 0.6) is 0 Å². The predicted molar refractivity (Wildman–Crippen MR) is 84.4 cm³/mol. The Balaban J connectivity index is 1.99. The smallest absolute Gasteiger partial charge is 0.224 e. The third-order valence-corrected chi connectivity index (χ3v) is 3.79. The number of hydrogen-bond donors (Lipinski definition) is 2. The molecule has 21 heavy (non-hydrogen) atoms. The highest BCUT2D eigenvalue weighted by Gasteiger charge is 2.24. The summed E-state index contributed by atoms with van der Waals surface area (Å²) >= 11 is 0. The Labute approximate surface area is 126 Å². The molecule has 1 atom stereocenters. The zero-order valence-corrected chi connectivity index (χ0v) is 12.6. The SMILES string of the molecule is CNC(=O)C1CCCN(Cc2cccc(C#CCN)c2)C1. The Morgan fingerprint density at radius 2 is 2.38 bits per heavy atom. The number of rotatable bonds is 3. The van der Waals surface area contributed by atoms with E-state index in [4.69, 9.17) is 5.73 Å². The summed E-state index contributed by atoms with van der Waals surface area (Å²) in [5, 5.41) is 2.76. The van der Waals surface area contributed by atoms with Crippen molar-refractivity contribution in [1.29, 1.82) is 0 Å². The molecule has 0 spiro atoms. The van der Waals surface area contributed by atoms with Crippen LogP contribution in [-0.4, -0.2) is 37.5 Å². The Kier molecular flexibility index (Phi) is 5.79. The summed E-state index contributed by atoms with van der Waals surface area (Å²) in [7, 11) is 1.71. The number of likely N-dealkylation sites (tertiary alicyclic amines) is 1. The monoisotopic (exact) mass is 285 g/mol. The molecule has 4 heteroatoms. The van der Waals surface area contributed by atoms with Crippen LogP contribution in [0.4, 0.5) is 0 Å². The summed E-state index contributed by atoms with van der Waals surface area (Å²) < 4.78 is 0. The van der Waals surface area contributed by atoms with Gasteiger partial charge >= 0.3 is 0 Å². The van der Waals surface area contributed by atoms with Crippen LogP contribution in [-0.2, 0) is 11.3 Å². The first-order valence-corrected chi connectivity index (χ1v) is 7.44. The maximum absolute atomic E-state index is 11.8. The molecule has 112 valence electrons. The third-order valence-electron chi connectivity index (χ3n) is 3.79. The van der Waals surface area contributed by atoms with Crippen molar-refractivity contribution in [3.8, 4) is 11.8 Å². The van der Waals surface area contributed by atoms with Gasteiger partial charge in [-0.3, -0.25) is 9.69 Å². The van der Waals surface area contributed by atoms with E-state index in [1.54, 1.807) is 7.05 Å². The van der Waals surface area contributed by atoms with Gasteiger partial charge in [0.2, 0.25) is 5.91 Å². The van der Waals surface area contributed by atoms with Crippen molar-refractivity contribution in [2.24, 2.45) is 11.7 Å². The van der Waals surface area contributed by atoms with Gasteiger partial charge in [0.25, 0.3) is 0 Å². The Bertz CT molecular complexity index is 544. The van der Waals surface area contributed by atoms with E-state index in [0.717, 1.165) is 38.0 Å². The molecule has 2 rings (SSSR count). The van der Waals surface area contributed by atoms with Gasteiger partial charge in [-0.15, -0.1) is 0 Å². The van der Waals surface area contributed by atoms with Gasteiger partial charge in [0.1, 0.15) is 0 Å². The van der Waals surface area contributed by atoms with Crippen molar-refractivity contribution in [1.82, 2.24) is 10.2 Å². The fraction of sp³-hybridized carbons (Fsp3) is 0.471. The van der Waals surface area contributed by atoms with Crippen LogP contribution in [0.25, 0.3) is 0 Å². The van der Waals surface area contributed by atoms with Crippen LogP contribution < -0.4 is 11.1 Å². The topological polar surface area (TPSA) is 58.4 Å². The average molecular weight is 285 g/mol. The molecule has 1 amide bonds. The van der Waals surface area contributed by atoms with Gasteiger partial charge in [0.15, 0.2) is 0 Å². The minimum Gasteiger partial charge on any atom is -0.359 e. The van der Waals surface area contributed by atoms with Crippen molar-refractivity contribution in [3.05, 3.63) is 35.4 Å². The number of nitrogens with one attached hydrogen (secondary N) is 1. The molecule has 1 aliphatic rings. The molecule has 0 radical (unpaired) electrons. The Morgan fingerprint density at radius 3 is 3.14 bits per heavy atom. The number of hydrogen-bond acceptors (Lipinski definition) is 3. The molecule has 1 heterocycles. The lowest BCUT2D eigenvalue weighted by Gasteiger charge is -2.31. The zero-order valence-electron chi connectivity index (χ0n) is 12.6.